The third-order valence-electron chi connectivity index (χ3n) is 4.67. The van der Waals surface area contributed by atoms with Gasteiger partial charge in [0.25, 0.3) is 0 Å². The van der Waals surface area contributed by atoms with E-state index in [1.54, 1.807) is 31.3 Å². The third-order valence-corrected chi connectivity index (χ3v) is 4.67. The van der Waals surface area contributed by atoms with E-state index in [1.807, 2.05) is 23.1 Å². The summed E-state index contributed by atoms with van der Waals surface area (Å²) in [6, 6.07) is 5.45. The zero-order valence-corrected chi connectivity index (χ0v) is 14.7. The molecule has 0 unspecified atom stereocenters. The molecule has 25 heavy (non-hydrogen) atoms. The first-order chi connectivity index (χ1) is 12.1. The average molecular weight is 344 g/mol. The van der Waals surface area contributed by atoms with Crippen LogP contribution in [0.15, 0.2) is 24.3 Å². The average Bonchev–Trinajstić information content (AvgIpc) is 3.50. The van der Waals surface area contributed by atoms with Crippen molar-refractivity contribution >= 4 is 17.9 Å². The topological polar surface area (TPSA) is 59.1 Å². The smallest absolute Gasteiger partial charge is 0.246 e. The second-order valence-corrected chi connectivity index (χ2v) is 6.37. The van der Waals surface area contributed by atoms with E-state index in [0.717, 1.165) is 18.4 Å². The van der Waals surface area contributed by atoms with Crippen molar-refractivity contribution in [3.63, 3.8) is 0 Å². The summed E-state index contributed by atoms with van der Waals surface area (Å²) in [6.07, 6.45) is 5.33. The van der Waals surface area contributed by atoms with Gasteiger partial charge in [0.15, 0.2) is 0 Å². The maximum atomic E-state index is 12.4. The molecule has 0 spiro atoms. The molecule has 1 aliphatic heterocycles. The number of piperazine rings is 1. The molecule has 3 rings (SSSR count). The van der Waals surface area contributed by atoms with Crippen LogP contribution in [0, 0.1) is 5.92 Å². The quantitative estimate of drug-likeness (QED) is 0.764. The first kappa shape index (κ1) is 17.3. The zero-order valence-electron chi connectivity index (χ0n) is 14.7. The van der Waals surface area contributed by atoms with E-state index in [0.29, 0.717) is 37.7 Å². The van der Waals surface area contributed by atoms with Crippen LogP contribution in [-0.4, -0.2) is 62.0 Å². The molecule has 0 aromatic heterocycles. The molecule has 0 atom stereocenters. The lowest BCUT2D eigenvalue weighted by Crippen LogP contribution is -2.50. The Morgan fingerprint density at radius 3 is 2.32 bits per heavy atom. The predicted octanol–water partition coefficient (Wildman–Crippen LogP) is 1.80. The maximum Gasteiger partial charge on any atom is 0.246 e. The van der Waals surface area contributed by atoms with Crippen molar-refractivity contribution in [3.05, 3.63) is 29.8 Å². The highest BCUT2D eigenvalue weighted by Gasteiger charge is 2.34. The second-order valence-electron chi connectivity index (χ2n) is 6.37. The number of nitrogens with zero attached hydrogens (tertiary/aromatic N) is 2. The molecule has 2 fully saturated rings. The summed E-state index contributed by atoms with van der Waals surface area (Å²) >= 11 is 0. The van der Waals surface area contributed by atoms with Gasteiger partial charge in [0.2, 0.25) is 11.8 Å². The van der Waals surface area contributed by atoms with Crippen molar-refractivity contribution in [2.24, 2.45) is 5.92 Å². The summed E-state index contributed by atoms with van der Waals surface area (Å²) in [5.41, 5.74) is 0.790. The van der Waals surface area contributed by atoms with Crippen molar-refractivity contribution < 1.29 is 19.1 Å². The monoisotopic (exact) mass is 344 g/mol. The fourth-order valence-electron chi connectivity index (χ4n) is 2.97. The highest BCUT2D eigenvalue weighted by molar-refractivity contribution is 5.92. The molecular formula is C19H24N2O4. The molecule has 134 valence electrons. The Morgan fingerprint density at radius 1 is 1.04 bits per heavy atom. The van der Waals surface area contributed by atoms with E-state index in [4.69, 9.17) is 9.47 Å². The molecule has 2 aliphatic rings. The number of methoxy groups -OCH3 is 2. The van der Waals surface area contributed by atoms with Gasteiger partial charge >= 0.3 is 0 Å². The number of carbonyl (C=O) groups excluding carboxylic acids is 2. The van der Waals surface area contributed by atoms with Gasteiger partial charge in [0.1, 0.15) is 11.5 Å². The number of benzene rings is 1. The fourth-order valence-corrected chi connectivity index (χ4v) is 2.97. The summed E-state index contributed by atoms with van der Waals surface area (Å²) in [5.74, 6) is 1.83. The minimum Gasteiger partial charge on any atom is -0.497 e. The Morgan fingerprint density at radius 2 is 1.72 bits per heavy atom. The number of ether oxygens (including phenoxy) is 2. The minimum absolute atomic E-state index is 0.0524. The number of hydrogen-bond acceptors (Lipinski definition) is 4. The van der Waals surface area contributed by atoms with Crippen LogP contribution in [0.5, 0.6) is 11.5 Å². The van der Waals surface area contributed by atoms with E-state index in [-0.39, 0.29) is 17.7 Å². The summed E-state index contributed by atoms with van der Waals surface area (Å²) in [7, 11) is 3.19. The van der Waals surface area contributed by atoms with E-state index in [2.05, 4.69) is 0 Å². The predicted molar refractivity (Wildman–Crippen MR) is 94.5 cm³/mol. The molecule has 1 saturated heterocycles. The Labute approximate surface area is 148 Å². The number of rotatable bonds is 5. The Hall–Kier alpha value is -2.50. The molecule has 1 saturated carbocycles. The number of amides is 2. The van der Waals surface area contributed by atoms with Gasteiger partial charge in [0.05, 0.1) is 14.2 Å². The zero-order chi connectivity index (χ0) is 17.8. The van der Waals surface area contributed by atoms with Crippen LogP contribution in [-0.2, 0) is 9.59 Å². The third kappa shape index (κ3) is 4.13. The molecule has 1 aromatic rings. The molecule has 1 aliphatic carbocycles. The van der Waals surface area contributed by atoms with Crippen LogP contribution < -0.4 is 9.47 Å². The van der Waals surface area contributed by atoms with E-state index >= 15 is 0 Å². The summed E-state index contributed by atoms with van der Waals surface area (Å²) in [6.45, 7) is 2.41. The van der Waals surface area contributed by atoms with E-state index in [9.17, 15) is 9.59 Å². The van der Waals surface area contributed by atoms with Gasteiger partial charge in [-0.3, -0.25) is 9.59 Å². The van der Waals surface area contributed by atoms with E-state index in [1.165, 1.54) is 0 Å². The van der Waals surface area contributed by atoms with Crippen LogP contribution in [0.25, 0.3) is 6.08 Å². The first-order valence-corrected chi connectivity index (χ1v) is 8.60. The highest BCUT2D eigenvalue weighted by Crippen LogP contribution is 2.31. The molecular weight excluding hydrogens is 320 g/mol. The van der Waals surface area contributed by atoms with Crippen molar-refractivity contribution in [1.29, 1.82) is 0 Å². The second kappa shape index (κ2) is 7.59. The molecule has 0 radical (unpaired) electrons. The lowest BCUT2D eigenvalue weighted by Gasteiger charge is -2.34. The Bertz CT molecular complexity index is 674. The molecule has 6 nitrogen and oxygen atoms in total. The SMILES string of the molecule is COc1ccc(OC)c(/C=C/C(=O)N2CCN(C(=O)C3CC3)CC2)c1. The Balaban J connectivity index is 1.59. The molecule has 2 amide bonds. The Kier molecular flexibility index (Phi) is 5.26. The normalized spacial score (nSPS) is 17.7. The molecule has 1 heterocycles. The standard InChI is InChI=1S/C19H24N2O4/c1-24-16-6-7-17(25-2)15(13-16)5-8-18(22)20-9-11-21(12-10-20)19(23)14-3-4-14/h5-8,13-14H,3-4,9-12H2,1-2H3/b8-5+. The summed E-state index contributed by atoms with van der Waals surface area (Å²) in [5, 5.41) is 0. The summed E-state index contributed by atoms with van der Waals surface area (Å²) < 4.78 is 10.5. The summed E-state index contributed by atoms with van der Waals surface area (Å²) in [4.78, 5) is 28.1. The van der Waals surface area contributed by atoms with Crippen molar-refractivity contribution in [1.82, 2.24) is 9.80 Å². The van der Waals surface area contributed by atoms with Crippen LogP contribution in [0.4, 0.5) is 0 Å². The van der Waals surface area contributed by atoms with E-state index < -0.39 is 0 Å². The van der Waals surface area contributed by atoms with Gasteiger partial charge in [-0.1, -0.05) is 0 Å². The van der Waals surface area contributed by atoms with Gasteiger partial charge in [0, 0.05) is 43.7 Å². The highest BCUT2D eigenvalue weighted by atomic mass is 16.5. The lowest BCUT2D eigenvalue weighted by molar-refractivity contribution is -0.138. The number of hydrogen-bond donors (Lipinski definition) is 0. The van der Waals surface area contributed by atoms with Crippen molar-refractivity contribution in [2.45, 2.75) is 12.8 Å². The van der Waals surface area contributed by atoms with Crippen LogP contribution in [0.3, 0.4) is 0 Å². The largest absolute Gasteiger partial charge is 0.497 e. The molecule has 0 bridgehead atoms. The maximum absolute atomic E-state index is 12.4. The molecule has 6 heteroatoms. The van der Waals surface area contributed by atoms with Crippen LogP contribution >= 0.6 is 0 Å². The lowest BCUT2D eigenvalue weighted by atomic mass is 10.1. The minimum atomic E-state index is -0.0524. The van der Waals surface area contributed by atoms with Crippen LogP contribution in [0.2, 0.25) is 0 Å². The first-order valence-electron chi connectivity index (χ1n) is 8.60. The number of carbonyl (C=O) groups is 2. The van der Waals surface area contributed by atoms with Gasteiger partial charge < -0.3 is 19.3 Å². The van der Waals surface area contributed by atoms with Gasteiger partial charge in [-0.05, 0) is 37.1 Å². The van der Waals surface area contributed by atoms with Crippen molar-refractivity contribution in [3.8, 4) is 11.5 Å². The molecule has 0 N–H and O–H groups in total. The van der Waals surface area contributed by atoms with Gasteiger partial charge in [-0.15, -0.1) is 0 Å². The van der Waals surface area contributed by atoms with Gasteiger partial charge in [-0.25, -0.2) is 0 Å². The fraction of sp³-hybridized carbons (Fsp3) is 0.474. The molecule has 1 aromatic carbocycles. The van der Waals surface area contributed by atoms with Crippen molar-refractivity contribution in [2.75, 3.05) is 40.4 Å². The van der Waals surface area contributed by atoms with Gasteiger partial charge in [-0.2, -0.15) is 0 Å². The van der Waals surface area contributed by atoms with Crippen LogP contribution in [0.1, 0.15) is 18.4 Å².